The number of nitrogens with zero attached hydrogens (tertiary/aromatic N) is 1. The van der Waals surface area contributed by atoms with Gasteiger partial charge < -0.3 is 5.32 Å². The molecule has 0 radical (unpaired) electrons. The number of amides is 1. The van der Waals surface area contributed by atoms with Gasteiger partial charge in [0.15, 0.2) is 0 Å². The monoisotopic (exact) mass is 410 g/mol. The summed E-state index contributed by atoms with van der Waals surface area (Å²) < 4.78 is 40.3. The summed E-state index contributed by atoms with van der Waals surface area (Å²) in [7, 11) is -3.47. The highest BCUT2D eigenvalue weighted by atomic mass is 35.5. The number of carbonyl (C=O) groups is 1. The first kappa shape index (κ1) is 19.8. The maximum Gasteiger partial charge on any atom is 0.227 e. The molecule has 5 nitrogen and oxygen atoms in total. The molecule has 2 aromatic rings. The number of hydrogen-bond donors (Lipinski definition) is 1. The lowest BCUT2D eigenvalue weighted by Crippen LogP contribution is -2.41. The van der Waals surface area contributed by atoms with Gasteiger partial charge in [-0.15, -0.1) is 0 Å². The Hall–Kier alpha value is -1.96. The molecule has 3 rings (SSSR count). The summed E-state index contributed by atoms with van der Waals surface area (Å²) in [5.74, 6) is -1.22. The Labute approximate surface area is 163 Å². The van der Waals surface area contributed by atoms with Crippen molar-refractivity contribution in [2.45, 2.75) is 18.6 Å². The van der Waals surface area contributed by atoms with Crippen molar-refractivity contribution in [1.29, 1.82) is 0 Å². The van der Waals surface area contributed by atoms with Crippen LogP contribution in [0.5, 0.6) is 0 Å². The van der Waals surface area contributed by atoms with Gasteiger partial charge in [-0.2, -0.15) is 0 Å². The molecule has 0 spiro atoms. The van der Waals surface area contributed by atoms with Gasteiger partial charge in [-0.1, -0.05) is 35.9 Å². The van der Waals surface area contributed by atoms with Crippen molar-refractivity contribution in [2.24, 2.45) is 5.92 Å². The van der Waals surface area contributed by atoms with Gasteiger partial charge in [-0.3, -0.25) is 4.79 Å². The minimum atomic E-state index is -3.47. The quantitative estimate of drug-likeness (QED) is 0.818. The Morgan fingerprint density at radius 3 is 2.37 bits per heavy atom. The fraction of sp³-hybridized carbons (Fsp3) is 0.316. The molecule has 0 atom stereocenters. The molecule has 1 aliphatic rings. The predicted octanol–water partition coefficient (Wildman–Crippen LogP) is 3.66. The molecule has 8 heteroatoms. The van der Waals surface area contributed by atoms with E-state index in [9.17, 15) is 17.6 Å². The van der Waals surface area contributed by atoms with Crippen LogP contribution in [-0.2, 0) is 20.6 Å². The van der Waals surface area contributed by atoms with Gasteiger partial charge in [0.25, 0.3) is 0 Å². The van der Waals surface area contributed by atoms with Crippen molar-refractivity contribution in [2.75, 3.05) is 18.4 Å². The summed E-state index contributed by atoms with van der Waals surface area (Å²) in [5.41, 5.74) is 0.805. The maximum absolute atomic E-state index is 13.7. The lowest BCUT2D eigenvalue weighted by molar-refractivity contribution is -0.120. The van der Waals surface area contributed by atoms with Crippen LogP contribution in [0.2, 0.25) is 5.02 Å². The number of para-hydroxylation sites is 1. The van der Waals surface area contributed by atoms with E-state index in [1.807, 2.05) is 0 Å². The molecule has 0 unspecified atom stereocenters. The summed E-state index contributed by atoms with van der Waals surface area (Å²) in [4.78, 5) is 12.3. The third-order valence-corrected chi connectivity index (χ3v) is 6.71. The van der Waals surface area contributed by atoms with Crippen LogP contribution in [0.1, 0.15) is 18.4 Å². The number of benzene rings is 2. The highest BCUT2D eigenvalue weighted by Gasteiger charge is 2.31. The first-order valence-corrected chi connectivity index (χ1v) is 10.6. The number of hydrogen-bond acceptors (Lipinski definition) is 3. The molecular weight excluding hydrogens is 391 g/mol. The Balaban J connectivity index is 1.57. The smallest absolute Gasteiger partial charge is 0.227 e. The van der Waals surface area contributed by atoms with Crippen molar-refractivity contribution in [3.63, 3.8) is 0 Å². The van der Waals surface area contributed by atoms with Crippen molar-refractivity contribution in [3.8, 4) is 0 Å². The van der Waals surface area contributed by atoms with E-state index in [1.54, 1.807) is 36.4 Å². The van der Waals surface area contributed by atoms with Crippen molar-refractivity contribution in [3.05, 3.63) is 64.9 Å². The fourth-order valence-electron chi connectivity index (χ4n) is 3.08. The predicted molar refractivity (Wildman–Crippen MR) is 103 cm³/mol. The summed E-state index contributed by atoms with van der Waals surface area (Å²) in [6.07, 6.45) is 0.806. The molecule has 1 heterocycles. The van der Waals surface area contributed by atoms with Crippen LogP contribution >= 0.6 is 11.6 Å². The Morgan fingerprint density at radius 2 is 1.74 bits per heavy atom. The zero-order chi connectivity index (χ0) is 19.4. The van der Waals surface area contributed by atoms with E-state index in [0.717, 1.165) is 0 Å². The third-order valence-electron chi connectivity index (χ3n) is 4.61. The van der Waals surface area contributed by atoms with Crippen LogP contribution < -0.4 is 5.32 Å². The van der Waals surface area contributed by atoms with E-state index in [1.165, 1.54) is 16.4 Å². The van der Waals surface area contributed by atoms with E-state index in [-0.39, 0.29) is 36.4 Å². The molecule has 1 aliphatic heterocycles. The molecule has 0 aliphatic carbocycles. The van der Waals surface area contributed by atoms with E-state index in [4.69, 9.17) is 11.6 Å². The normalized spacial score (nSPS) is 16.2. The van der Waals surface area contributed by atoms with E-state index in [0.29, 0.717) is 23.4 Å². The first-order chi connectivity index (χ1) is 12.8. The standard InChI is InChI=1S/C19H20ClFN2O3S/c20-16-7-5-14(6-8-16)13-27(25,26)23-11-9-15(10-12-23)19(24)22-18-4-2-1-3-17(18)21/h1-8,15H,9-13H2,(H,22,24). The number of anilines is 1. The lowest BCUT2D eigenvalue weighted by Gasteiger charge is -2.30. The fourth-order valence-corrected chi connectivity index (χ4v) is 4.77. The average molecular weight is 411 g/mol. The van der Waals surface area contributed by atoms with Gasteiger partial charge in [-0.05, 0) is 42.7 Å². The molecule has 0 saturated carbocycles. The highest BCUT2D eigenvalue weighted by Crippen LogP contribution is 2.24. The summed E-state index contributed by atoms with van der Waals surface area (Å²) >= 11 is 5.82. The van der Waals surface area contributed by atoms with Crippen LogP contribution in [0.4, 0.5) is 10.1 Å². The minimum absolute atomic E-state index is 0.101. The largest absolute Gasteiger partial charge is 0.323 e. The van der Waals surface area contributed by atoms with Crippen LogP contribution in [0.3, 0.4) is 0 Å². The zero-order valence-corrected chi connectivity index (χ0v) is 16.1. The molecule has 1 fully saturated rings. The zero-order valence-electron chi connectivity index (χ0n) is 14.6. The van der Waals surface area contributed by atoms with E-state index < -0.39 is 15.8 Å². The van der Waals surface area contributed by atoms with Gasteiger partial charge in [0, 0.05) is 24.0 Å². The Morgan fingerprint density at radius 1 is 1.11 bits per heavy atom. The SMILES string of the molecule is O=C(Nc1ccccc1F)C1CCN(S(=O)(=O)Cc2ccc(Cl)cc2)CC1. The van der Waals surface area contributed by atoms with Crippen LogP contribution in [-0.4, -0.2) is 31.7 Å². The molecule has 1 amide bonds. The summed E-state index contributed by atoms with van der Waals surface area (Å²) in [5, 5.41) is 3.14. The molecule has 144 valence electrons. The molecule has 2 aromatic carbocycles. The van der Waals surface area contributed by atoms with E-state index >= 15 is 0 Å². The number of rotatable bonds is 5. The molecule has 27 heavy (non-hydrogen) atoms. The van der Waals surface area contributed by atoms with Crippen molar-refractivity contribution >= 4 is 33.2 Å². The maximum atomic E-state index is 13.7. The second-order valence-corrected chi connectivity index (χ2v) is 8.93. The number of halogens is 2. The van der Waals surface area contributed by atoms with Gasteiger partial charge in [0.2, 0.25) is 15.9 Å². The summed E-state index contributed by atoms with van der Waals surface area (Å²) in [6.45, 7) is 0.538. The third kappa shape index (κ3) is 5.06. The van der Waals surface area contributed by atoms with Crippen molar-refractivity contribution < 1.29 is 17.6 Å². The molecule has 0 bridgehead atoms. The van der Waals surface area contributed by atoms with E-state index in [2.05, 4.69) is 5.32 Å². The number of piperidine rings is 1. The molecule has 1 saturated heterocycles. The lowest BCUT2D eigenvalue weighted by atomic mass is 9.97. The second kappa shape index (κ2) is 8.37. The van der Waals surface area contributed by atoms with Crippen molar-refractivity contribution in [1.82, 2.24) is 4.31 Å². The topological polar surface area (TPSA) is 66.5 Å². The van der Waals surface area contributed by atoms with Crippen LogP contribution in [0, 0.1) is 11.7 Å². The summed E-state index contributed by atoms with van der Waals surface area (Å²) in [6, 6.07) is 12.7. The Bertz CT molecular complexity index is 911. The minimum Gasteiger partial charge on any atom is -0.323 e. The second-order valence-electron chi connectivity index (χ2n) is 6.53. The molecule has 1 N–H and O–H groups in total. The van der Waals surface area contributed by atoms with Crippen LogP contribution in [0.25, 0.3) is 0 Å². The molecular formula is C19H20ClFN2O3S. The number of carbonyl (C=O) groups excluding carboxylic acids is 1. The first-order valence-electron chi connectivity index (χ1n) is 8.63. The highest BCUT2D eigenvalue weighted by molar-refractivity contribution is 7.88. The van der Waals surface area contributed by atoms with Gasteiger partial charge in [0.05, 0.1) is 11.4 Å². The Kier molecular flexibility index (Phi) is 6.14. The van der Waals surface area contributed by atoms with Gasteiger partial charge in [-0.25, -0.2) is 17.1 Å². The van der Waals surface area contributed by atoms with Gasteiger partial charge in [0.1, 0.15) is 5.82 Å². The van der Waals surface area contributed by atoms with Gasteiger partial charge >= 0.3 is 0 Å². The average Bonchev–Trinajstić information content (AvgIpc) is 2.65. The molecule has 0 aromatic heterocycles. The number of sulfonamides is 1. The number of nitrogens with one attached hydrogen (secondary N) is 1. The van der Waals surface area contributed by atoms with Crippen LogP contribution in [0.15, 0.2) is 48.5 Å².